The van der Waals surface area contributed by atoms with Crippen LogP contribution in [0, 0.1) is 11.3 Å². The van der Waals surface area contributed by atoms with Gasteiger partial charge in [-0.15, -0.1) is 11.3 Å². The number of anilines is 1. The third kappa shape index (κ3) is 4.04. The Morgan fingerprint density at radius 1 is 1.22 bits per heavy atom. The molecule has 0 bridgehead atoms. The predicted molar refractivity (Wildman–Crippen MR) is 125 cm³/mol. The van der Waals surface area contributed by atoms with Gasteiger partial charge in [-0.2, -0.15) is 10.4 Å². The van der Waals surface area contributed by atoms with E-state index in [2.05, 4.69) is 26.6 Å². The van der Waals surface area contributed by atoms with Gasteiger partial charge in [0.15, 0.2) is 17.3 Å². The molecule has 9 heteroatoms. The van der Waals surface area contributed by atoms with Crippen LogP contribution in [0.4, 0.5) is 5.82 Å². The van der Waals surface area contributed by atoms with Crippen molar-refractivity contribution < 1.29 is 14.6 Å². The molecule has 2 N–H and O–H groups in total. The van der Waals surface area contributed by atoms with E-state index in [4.69, 9.17) is 9.47 Å². The summed E-state index contributed by atoms with van der Waals surface area (Å²) in [5.41, 5.74) is 5.44. The fraction of sp³-hybridized carbons (Fsp3) is 0.130. The zero-order valence-corrected chi connectivity index (χ0v) is 18.2. The normalized spacial score (nSPS) is 10.9. The molecule has 0 aliphatic rings. The molecule has 0 atom stereocenters. The van der Waals surface area contributed by atoms with E-state index in [1.54, 1.807) is 24.4 Å². The Balaban J connectivity index is 1.70. The number of hydrazone groups is 1. The minimum Gasteiger partial charge on any atom is -0.504 e. The number of aromatic hydroxyl groups is 1. The van der Waals surface area contributed by atoms with Crippen molar-refractivity contribution in [3.63, 3.8) is 0 Å². The second-order valence-corrected chi connectivity index (χ2v) is 7.57. The lowest BCUT2D eigenvalue weighted by atomic mass is 10.1. The van der Waals surface area contributed by atoms with E-state index in [0.29, 0.717) is 45.3 Å². The van der Waals surface area contributed by atoms with Crippen molar-refractivity contribution in [1.29, 1.82) is 5.26 Å². The molecule has 0 saturated heterocycles. The predicted octanol–water partition coefficient (Wildman–Crippen LogP) is 4.79. The van der Waals surface area contributed by atoms with Crippen LogP contribution in [-0.4, -0.2) is 35.0 Å². The lowest BCUT2D eigenvalue weighted by molar-refractivity contribution is 0.341. The van der Waals surface area contributed by atoms with E-state index >= 15 is 0 Å². The number of hydrogen-bond acceptors (Lipinski definition) is 9. The lowest BCUT2D eigenvalue weighted by Gasteiger charge is -2.08. The average Bonchev–Trinajstić information content (AvgIpc) is 3.19. The van der Waals surface area contributed by atoms with Crippen molar-refractivity contribution in [3.05, 3.63) is 59.9 Å². The fourth-order valence-corrected chi connectivity index (χ4v) is 4.35. The molecule has 0 aliphatic carbocycles. The molecule has 2 aromatic carbocycles. The molecule has 32 heavy (non-hydrogen) atoms. The van der Waals surface area contributed by atoms with Gasteiger partial charge in [-0.05, 0) is 42.8 Å². The zero-order chi connectivity index (χ0) is 22.5. The largest absolute Gasteiger partial charge is 0.504 e. The molecule has 0 radical (unpaired) electrons. The standard InChI is InChI=1S/C23H19N5O3S/c1-3-31-18-7-5-4-6-15(18)21-16(11-24)20-22(32-21)23(26-13-25-20)28-27-12-14-8-9-19(30-2)17(29)10-14/h4-10,12-13,29H,3H2,1-2H3,(H,25,26,28). The van der Waals surface area contributed by atoms with Gasteiger partial charge in [0.25, 0.3) is 0 Å². The summed E-state index contributed by atoms with van der Waals surface area (Å²) in [7, 11) is 1.49. The first-order valence-corrected chi connectivity index (χ1v) is 10.5. The number of nitriles is 1. The van der Waals surface area contributed by atoms with E-state index < -0.39 is 0 Å². The topological polar surface area (TPSA) is 113 Å². The van der Waals surface area contributed by atoms with Crippen molar-refractivity contribution >= 4 is 33.6 Å². The monoisotopic (exact) mass is 445 g/mol. The molecule has 2 heterocycles. The number of aromatic nitrogens is 2. The third-order valence-electron chi connectivity index (χ3n) is 4.60. The van der Waals surface area contributed by atoms with Gasteiger partial charge in [-0.1, -0.05) is 12.1 Å². The zero-order valence-electron chi connectivity index (χ0n) is 17.4. The van der Waals surface area contributed by atoms with Crippen molar-refractivity contribution in [2.45, 2.75) is 6.92 Å². The summed E-state index contributed by atoms with van der Waals surface area (Å²) >= 11 is 1.40. The second kappa shape index (κ2) is 9.32. The smallest absolute Gasteiger partial charge is 0.167 e. The van der Waals surface area contributed by atoms with Gasteiger partial charge in [0.2, 0.25) is 0 Å². The number of ether oxygens (including phenoxy) is 2. The maximum absolute atomic E-state index is 9.91. The highest BCUT2D eigenvalue weighted by atomic mass is 32.1. The molecule has 0 unspecified atom stereocenters. The lowest BCUT2D eigenvalue weighted by Crippen LogP contribution is -1.95. The molecule has 0 spiro atoms. The van der Waals surface area contributed by atoms with Crippen LogP contribution in [0.5, 0.6) is 17.2 Å². The minimum atomic E-state index is 0.0235. The Bertz CT molecular complexity index is 1340. The van der Waals surface area contributed by atoms with E-state index in [1.165, 1.54) is 24.8 Å². The summed E-state index contributed by atoms with van der Waals surface area (Å²) < 4.78 is 11.5. The van der Waals surface area contributed by atoms with Crippen LogP contribution in [0.15, 0.2) is 53.9 Å². The number of nitrogens with one attached hydrogen (secondary N) is 1. The summed E-state index contributed by atoms with van der Waals surface area (Å²) in [6.45, 7) is 2.44. The number of hydrogen-bond donors (Lipinski definition) is 2. The van der Waals surface area contributed by atoms with Crippen LogP contribution in [0.3, 0.4) is 0 Å². The average molecular weight is 446 g/mol. The second-order valence-electron chi connectivity index (χ2n) is 6.55. The van der Waals surface area contributed by atoms with E-state index in [0.717, 1.165) is 10.4 Å². The van der Waals surface area contributed by atoms with Crippen LogP contribution in [0.1, 0.15) is 18.1 Å². The maximum Gasteiger partial charge on any atom is 0.167 e. The number of fused-ring (bicyclic) bond motifs is 1. The van der Waals surface area contributed by atoms with Crippen LogP contribution >= 0.6 is 11.3 Å². The molecule has 0 fully saturated rings. The molecule has 0 amide bonds. The Morgan fingerprint density at radius 3 is 2.81 bits per heavy atom. The number of para-hydroxylation sites is 1. The van der Waals surface area contributed by atoms with Crippen molar-refractivity contribution in [2.75, 3.05) is 19.1 Å². The summed E-state index contributed by atoms with van der Waals surface area (Å²) in [5.74, 6) is 1.59. The number of phenols is 1. The first-order chi connectivity index (χ1) is 15.7. The number of rotatable bonds is 7. The van der Waals surface area contributed by atoms with E-state index in [9.17, 15) is 10.4 Å². The highest BCUT2D eigenvalue weighted by Crippen LogP contribution is 2.43. The van der Waals surface area contributed by atoms with Crippen LogP contribution in [-0.2, 0) is 0 Å². The highest BCUT2D eigenvalue weighted by molar-refractivity contribution is 7.23. The number of thiophene rings is 1. The summed E-state index contributed by atoms with van der Waals surface area (Å²) in [4.78, 5) is 9.38. The number of methoxy groups -OCH3 is 1. The first-order valence-electron chi connectivity index (χ1n) is 9.72. The minimum absolute atomic E-state index is 0.0235. The van der Waals surface area contributed by atoms with Gasteiger partial charge < -0.3 is 14.6 Å². The first kappa shape index (κ1) is 21.1. The highest BCUT2D eigenvalue weighted by Gasteiger charge is 2.20. The Morgan fingerprint density at radius 2 is 2.06 bits per heavy atom. The molecule has 2 aromatic heterocycles. The van der Waals surface area contributed by atoms with E-state index in [1.807, 2.05) is 31.2 Å². The van der Waals surface area contributed by atoms with Crippen LogP contribution in [0.25, 0.3) is 20.7 Å². The van der Waals surface area contributed by atoms with Crippen molar-refractivity contribution in [1.82, 2.24) is 9.97 Å². The molecule has 160 valence electrons. The van der Waals surface area contributed by atoms with E-state index in [-0.39, 0.29) is 5.75 Å². The third-order valence-corrected chi connectivity index (χ3v) is 5.82. The Hall–Kier alpha value is -4.16. The van der Waals surface area contributed by atoms with Gasteiger partial charge in [0.1, 0.15) is 23.7 Å². The van der Waals surface area contributed by atoms with Crippen LogP contribution < -0.4 is 14.9 Å². The molecule has 0 saturated carbocycles. The van der Waals surface area contributed by atoms with Gasteiger partial charge in [0, 0.05) is 5.56 Å². The van der Waals surface area contributed by atoms with Gasteiger partial charge in [-0.25, -0.2) is 9.97 Å². The van der Waals surface area contributed by atoms with Gasteiger partial charge in [-0.3, -0.25) is 5.43 Å². The number of nitrogens with zero attached hydrogens (tertiary/aromatic N) is 4. The molecule has 8 nitrogen and oxygen atoms in total. The quantitative estimate of drug-likeness (QED) is 0.311. The number of benzene rings is 2. The summed E-state index contributed by atoms with van der Waals surface area (Å²) in [6, 6.07) is 14.8. The van der Waals surface area contributed by atoms with Crippen molar-refractivity contribution in [2.24, 2.45) is 5.10 Å². The fourth-order valence-electron chi connectivity index (χ4n) is 3.17. The number of phenolic OH excluding ortho intramolecular Hbond substituents is 1. The SMILES string of the molecule is CCOc1ccccc1-c1sc2c(NN=Cc3ccc(OC)c(O)c3)ncnc2c1C#N. The molecule has 4 rings (SSSR count). The summed E-state index contributed by atoms with van der Waals surface area (Å²) in [6.07, 6.45) is 2.95. The maximum atomic E-state index is 9.91. The molecular formula is C23H19N5O3S. The molecular weight excluding hydrogens is 426 g/mol. The van der Waals surface area contributed by atoms with Gasteiger partial charge in [0.05, 0.1) is 35.1 Å². The van der Waals surface area contributed by atoms with Crippen molar-refractivity contribution in [3.8, 4) is 33.8 Å². The summed E-state index contributed by atoms with van der Waals surface area (Å²) in [5, 5.41) is 24.0. The Labute approximate surface area is 188 Å². The van der Waals surface area contributed by atoms with Gasteiger partial charge >= 0.3 is 0 Å². The molecule has 4 aromatic rings. The molecule has 0 aliphatic heterocycles. The Kier molecular flexibility index (Phi) is 6.14. The van der Waals surface area contributed by atoms with Crippen LogP contribution in [0.2, 0.25) is 0 Å².